The van der Waals surface area contributed by atoms with Crippen molar-refractivity contribution in [3.05, 3.63) is 66.3 Å². The van der Waals surface area contributed by atoms with Gasteiger partial charge in [0, 0.05) is 12.3 Å². The number of methoxy groups -OCH3 is 1. The third kappa shape index (κ3) is 13.6. The average molecular weight is 739 g/mol. The largest absolute Gasteiger partial charge is 0.497 e. The van der Waals surface area contributed by atoms with Crippen molar-refractivity contribution < 1.29 is 38.0 Å². The molecule has 0 bridgehead atoms. The number of carbonyl (C=O) groups is 1. The smallest absolute Gasteiger partial charge is 0.381 e. The van der Waals surface area contributed by atoms with Gasteiger partial charge in [-0.25, -0.2) is 4.79 Å². The van der Waals surface area contributed by atoms with E-state index in [4.69, 9.17) is 33.2 Å². The highest BCUT2D eigenvalue weighted by Gasteiger charge is 2.46. The van der Waals surface area contributed by atoms with E-state index in [0.29, 0.717) is 48.6 Å². The average Bonchev–Trinajstić information content (AvgIpc) is 3.43. The van der Waals surface area contributed by atoms with Crippen LogP contribution in [0, 0.1) is 17.8 Å². The Morgan fingerprint density at radius 3 is 2.33 bits per heavy atom. The quantitative estimate of drug-likeness (QED) is 0.0803. The Balaban J connectivity index is 1.74. The molecule has 0 aliphatic carbocycles. The molecule has 1 N–H and O–H groups in total. The van der Waals surface area contributed by atoms with E-state index in [2.05, 4.69) is 85.1 Å². The van der Waals surface area contributed by atoms with E-state index in [1.807, 2.05) is 44.2 Å². The third-order valence-electron chi connectivity index (χ3n) is 10.3. The van der Waals surface area contributed by atoms with Crippen LogP contribution in [0.2, 0.25) is 16.6 Å². The molecule has 2 aliphatic rings. The number of hydrogen-bond donors (Lipinski definition) is 1. The van der Waals surface area contributed by atoms with E-state index < -0.39 is 20.1 Å². The van der Waals surface area contributed by atoms with E-state index >= 15 is 0 Å². The zero-order valence-electron chi connectivity index (χ0n) is 33.5. The van der Waals surface area contributed by atoms with Crippen LogP contribution in [-0.4, -0.2) is 69.4 Å². The summed E-state index contributed by atoms with van der Waals surface area (Å²) >= 11 is 0. The van der Waals surface area contributed by atoms with Gasteiger partial charge in [-0.1, -0.05) is 103 Å². The molecule has 290 valence electrons. The van der Waals surface area contributed by atoms with Crippen molar-refractivity contribution in [3.63, 3.8) is 0 Å². The predicted octanol–water partition coefficient (Wildman–Crippen LogP) is 9.79. The first-order valence-corrected chi connectivity index (χ1v) is 21.3. The van der Waals surface area contributed by atoms with Gasteiger partial charge in [-0.15, -0.1) is 0 Å². The maximum absolute atomic E-state index is 10.8. The molecule has 8 nitrogen and oxygen atoms in total. The van der Waals surface area contributed by atoms with Gasteiger partial charge in [-0.3, -0.25) is 0 Å². The maximum atomic E-state index is 10.8. The first-order valence-electron chi connectivity index (χ1n) is 19.2. The minimum absolute atomic E-state index is 0.0702. The number of benzene rings is 1. The lowest BCUT2D eigenvalue weighted by Crippen LogP contribution is -2.50. The van der Waals surface area contributed by atoms with Crippen molar-refractivity contribution in [3.8, 4) is 17.6 Å². The van der Waals surface area contributed by atoms with Crippen molar-refractivity contribution in [2.45, 2.75) is 160 Å². The summed E-state index contributed by atoms with van der Waals surface area (Å²) in [6.07, 6.45) is 12.4. The molecule has 2 heterocycles. The second-order valence-corrected chi connectivity index (χ2v) is 21.4. The van der Waals surface area contributed by atoms with Crippen molar-refractivity contribution in [1.82, 2.24) is 0 Å². The summed E-state index contributed by atoms with van der Waals surface area (Å²) in [5.41, 5.74) is 3.59. The summed E-state index contributed by atoms with van der Waals surface area (Å²) < 4.78 is 37.7. The Bertz CT molecular complexity index is 1360. The highest BCUT2D eigenvalue weighted by atomic mass is 28.4. The first kappa shape index (κ1) is 43.7. The van der Waals surface area contributed by atoms with Gasteiger partial charge in [0.25, 0.3) is 0 Å². The fourth-order valence-corrected chi connectivity index (χ4v) is 13.5. The minimum atomic E-state index is -2.20. The molecule has 1 fully saturated rings. The Hall–Kier alpha value is -2.71. The van der Waals surface area contributed by atoms with Crippen LogP contribution >= 0.6 is 0 Å². The normalized spacial score (nSPS) is 22.1. The molecular weight excluding hydrogens is 673 g/mol. The lowest BCUT2D eigenvalue weighted by molar-refractivity contribution is -0.157. The molecule has 0 aromatic heterocycles. The molecular formula is C43H66O8Si. The SMILES string of the molecule is C=C(CC(/C=C/C[C@@H](OCc1ccc(OC)cc1)[C@@H]1COC(C)(C)O1)O[Si](C(C)C)(C(C)C)C(C)C)C[C@H](C)C[C@@H]1CC=C[C@@H](CC#CC(=O)O)O1. The van der Waals surface area contributed by atoms with Crippen LogP contribution in [0.25, 0.3) is 0 Å². The van der Waals surface area contributed by atoms with E-state index in [1.54, 1.807) is 7.11 Å². The van der Waals surface area contributed by atoms with Crippen LogP contribution in [-0.2, 0) is 34.8 Å². The molecule has 6 atom stereocenters. The predicted molar refractivity (Wildman–Crippen MR) is 211 cm³/mol. The van der Waals surface area contributed by atoms with Crippen molar-refractivity contribution in [2.75, 3.05) is 13.7 Å². The maximum Gasteiger partial charge on any atom is 0.381 e. The van der Waals surface area contributed by atoms with Crippen LogP contribution in [0.4, 0.5) is 0 Å². The zero-order valence-corrected chi connectivity index (χ0v) is 34.5. The van der Waals surface area contributed by atoms with Crippen molar-refractivity contribution in [1.29, 1.82) is 0 Å². The second kappa shape index (κ2) is 20.7. The summed E-state index contributed by atoms with van der Waals surface area (Å²) in [6.45, 7) is 25.6. The van der Waals surface area contributed by atoms with E-state index in [-0.39, 0.29) is 30.5 Å². The van der Waals surface area contributed by atoms with Gasteiger partial charge in [0.15, 0.2) is 5.79 Å². The standard InChI is InChI=1S/C43H66O8Si/c1-30(2)52(31(3)4,32(5)6)51-39(27-34(8)25-33(7)26-38-17-12-15-37(49-38)16-14-20-42(44)45)18-13-19-40(41-29-48-43(9,10)50-41)47-28-35-21-23-36(46-11)24-22-35/h12-13,15,18,21-24,30-33,37-41H,8,16-17,19,25-29H2,1-7,9-11H3,(H,44,45)/b18-13+/t33-,37-,38-,39?,40+,41-/m0/s1. The number of rotatable bonds is 20. The molecule has 1 saturated heterocycles. The second-order valence-electron chi connectivity index (χ2n) is 16.0. The lowest BCUT2D eigenvalue weighted by Gasteiger charge is -2.44. The number of aliphatic carboxylic acids is 1. The molecule has 0 amide bonds. The lowest BCUT2D eigenvalue weighted by atomic mass is 9.91. The number of ether oxygens (including phenoxy) is 5. The number of carboxylic acid groups (broad SMARTS) is 1. The van der Waals surface area contributed by atoms with E-state index in [1.165, 1.54) is 0 Å². The van der Waals surface area contributed by atoms with E-state index in [9.17, 15) is 4.79 Å². The van der Waals surface area contributed by atoms with Gasteiger partial charge in [0.2, 0.25) is 8.32 Å². The highest BCUT2D eigenvalue weighted by Crippen LogP contribution is 2.44. The van der Waals surface area contributed by atoms with Crippen molar-refractivity contribution >= 4 is 14.3 Å². The number of carboxylic acids is 1. The van der Waals surface area contributed by atoms with Gasteiger partial charge >= 0.3 is 5.97 Å². The van der Waals surface area contributed by atoms with Gasteiger partial charge in [0.1, 0.15) is 11.9 Å². The Morgan fingerprint density at radius 2 is 1.75 bits per heavy atom. The van der Waals surface area contributed by atoms with Crippen LogP contribution in [0.5, 0.6) is 5.75 Å². The molecule has 0 saturated carbocycles. The highest BCUT2D eigenvalue weighted by molar-refractivity contribution is 6.77. The Labute approximate surface area is 315 Å². The zero-order chi connectivity index (χ0) is 38.5. The molecule has 2 aliphatic heterocycles. The summed E-state index contributed by atoms with van der Waals surface area (Å²) in [5.74, 6) is 4.30. The van der Waals surface area contributed by atoms with Gasteiger partial charge < -0.3 is 33.2 Å². The summed E-state index contributed by atoms with van der Waals surface area (Å²) in [5, 5.41) is 8.84. The van der Waals surface area contributed by atoms with Crippen LogP contribution < -0.4 is 4.74 Å². The monoisotopic (exact) mass is 738 g/mol. The molecule has 1 aromatic rings. The summed E-state index contributed by atoms with van der Waals surface area (Å²) in [6, 6.07) is 7.95. The van der Waals surface area contributed by atoms with Gasteiger partial charge in [0.05, 0.1) is 44.7 Å². The summed E-state index contributed by atoms with van der Waals surface area (Å²) in [7, 11) is -0.534. The van der Waals surface area contributed by atoms with Crippen molar-refractivity contribution in [2.24, 2.45) is 5.92 Å². The van der Waals surface area contributed by atoms with Crippen LogP contribution in [0.15, 0.2) is 60.7 Å². The topological polar surface area (TPSA) is 92.7 Å². The fraction of sp³-hybridized carbons (Fsp3) is 0.651. The molecule has 1 aromatic carbocycles. The molecule has 3 rings (SSSR count). The Kier molecular flexibility index (Phi) is 17.4. The first-order chi connectivity index (χ1) is 24.5. The molecule has 9 heteroatoms. The van der Waals surface area contributed by atoms with E-state index in [0.717, 1.165) is 42.6 Å². The molecule has 0 radical (unpaired) electrons. The Morgan fingerprint density at radius 1 is 1.08 bits per heavy atom. The van der Waals surface area contributed by atoms with Gasteiger partial charge in [-0.05, 0) is 86.2 Å². The minimum Gasteiger partial charge on any atom is -0.497 e. The number of hydrogen-bond acceptors (Lipinski definition) is 7. The fourth-order valence-electron chi connectivity index (χ4n) is 7.95. The van der Waals surface area contributed by atoms with Crippen LogP contribution in [0.1, 0.15) is 106 Å². The molecule has 1 unspecified atom stereocenters. The summed E-state index contributed by atoms with van der Waals surface area (Å²) in [4.78, 5) is 10.8. The third-order valence-corrected chi connectivity index (χ3v) is 16.4. The van der Waals surface area contributed by atoms with Crippen LogP contribution in [0.3, 0.4) is 0 Å². The molecule has 52 heavy (non-hydrogen) atoms. The molecule has 0 spiro atoms. The van der Waals surface area contributed by atoms with Gasteiger partial charge in [-0.2, -0.15) is 0 Å².